The molecule has 1 aromatic heterocycles. The number of non-ortho nitro benzene ring substituents is 1. The van der Waals surface area contributed by atoms with Crippen LogP contribution in [0.5, 0.6) is 0 Å². The third-order valence-corrected chi connectivity index (χ3v) is 11.1. The minimum Gasteiger partial charge on any atom is -0.341 e. The summed E-state index contributed by atoms with van der Waals surface area (Å²) in [7, 11) is 0. The van der Waals surface area contributed by atoms with Crippen molar-refractivity contribution in [2.45, 2.75) is 68.2 Å². The van der Waals surface area contributed by atoms with Crippen molar-refractivity contribution in [1.82, 2.24) is 9.47 Å². The molecule has 0 N–H and O–H groups in total. The number of fused-ring (bicyclic) bond motifs is 2. The molecule has 0 saturated carbocycles. The Hall–Kier alpha value is -3.77. The average Bonchev–Trinajstić information content (AvgIpc) is 3.43. The highest BCUT2D eigenvalue weighted by Gasteiger charge is 2.57. The van der Waals surface area contributed by atoms with Crippen LogP contribution in [0.15, 0.2) is 58.4 Å². The van der Waals surface area contributed by atoms with Gasteiger partial charge in [-0.15, -0.1) is 0 Å². The van der Waals surface area contributed by atoms with Crippen molar-refractivity contribution < 1.29 is 19.3 Å². The van der Waals surface area contributed by atoms with Gasteiger partial charge in [0.1, 0.15) is 11.8 Å². The maximum absolute atomic E-state index is 14.1. The number of carbonyl (C=O) groups excluding carboxylic acids is 3. The third-order valence-electron chi connectivity index (χ3n) is 8.51. The molecular formula is C31H32N4O6S2. The van der Waals surface area contributed by atoms with Crippen LogP contribution in [0.3, 0.4) is 0 Å². The smallest absolute Gasteiger partial charge is 0.308 e. The van der Waals surface area contributed by atoms with Gasteiger partial charge in [0, 0.05) is 36.0 Å². The van der Waals surface area contributed by atoms with E-state index in [1.165, 1.54) is 40.6 Å². The van der Waals surface area contributed by atoms with E-state index < -0.39 is 33.8 Å². The molecule has 2 fully saturated rings. The molecule has 3 amide bonds. The lowest BCUT2D eigenvalue weighted by atomic mass is 9.81. The minimum atomic E-state index is -0.826. The first-order chi connectivity index (χ1) is 20.5. The van der Waals surface area contributed by atoms with Crippen LogP contribution >= 0.6 is 23.1 Å². The molecule has 43 heavy (non-hydrogen) atoms. The molecule has 2 aromatic carbocycles. The maximum Gasteiger partial charge on any atom is 0.308 e. The number of likely N-dealkylation sites (tertiary alicyclic amines) is 1. The Kier molecular flexibility index (Phi) is 7.54. The molecule has 3 atom stereocenters. The van der Waals surface area contributed by atoms with Crippen LogP contribution in [0.1, 0.15) is 62.0 Å². The van der Waals surface area contributed by atoms with Gasteiger partial charge in [-0.2, -0.15) is 0 Å². The highest BCUT2D eigenvalue weighted by molar-refractivity contribution is 8.00. The molecular weight excluding hydrogens is 588 g/mol. The normalized spacial score (nSPS) is 22.0. The molecule has 2 saturated heterocycles. The van der Waals surface area contributed by atoms with E-state index in [1.807, 2.05) is 24.3 Å². The Morgan fingerprint density at radius 1 is 0.953 bits per heavy atom. The second kappa shape index (κ2) is 11.1. The topological polar surface area (TPSA) is 123 Å². The maximum atomic E-state index is 14.1. The Morgan fingerprint density at radius 3 is 2.21 bits per heavy atom. The molecule has 0 spiro atoms. The van der Waals surface area contributed by atoms with Crippen LogP contribution in [0.25, 0.3) is 0 Å². The monoisotopic (exact) mass is 620 g/mol. The fourth-order valence-corrected chi connectivity index (χ4v) is 8.93. The number of hydrogen-bond acceptors (Lipinski definition) is 8. The van der Waals surface area contributed by atoms with E-state index in [2.05, 4.69) is 20.8 Å². The number of rotatable bonds is 5. The second-order valence-electron chi connectivity index (χ2n) is 12.3. The SMILES string of the molecule is CC(C)(C)c1ccc(C2c3sc(=O)n(CC(=O)N4CCCCC4)c3SC3C(=O)N(c4ccc([N+](=O)[O-])cc4)C(=O)C32)cc1. The minimum absolute atomic E-state index is 0.0938. The molecule has 12 heteroatoms. The molecule has 0 radical (unpaired) electrons. The summed E-state index contributed by atoms with van der Waals surface area (Å²) < 4.78 is 1.47. The Balaban J connectivity index is 1.43. The lowest BCUT2D eigenvalue weighted by molar-refractivity contribution is -0.384. The second-order valence-corrected chi connectivity index (χ2v) is 14.4. The zero-order valence-electron chi connectivity index (χ0n) is 24.1. The number of benzene rings is 2. The fraction of sp³-hybridized carbons (Fsp3) is 0.419. The number of nitro benzene ring substituents is 1. The van der Waals surface area contributed by atoms with Crippen molar-refractivity contribution in [3.8, 4) is 0 Å². The van der Waals surface area contributed by atoms with Crippen LogP contribution in [-0.4, -0.2) is 50.5 Å². The van der Waals surface area contributed by atoms with E-state index in [4.69, 9.17) is 0 Å². The van der Waals surface area contributed by atoms with Gasteiger partial charge >= 0.3 is 4.87 Å². The molecule has 3 aliphatic rings. The number of piperidine rings is 1. The van der Waals surface area contributed by atoms with E-state index in [9.17, 15) is 29.3 Å². The summed E-state index contributed by atoms with van der Waals surface area (Å²) >= 11 is 2.20. The Morgan fingerprint density at radius 2 is 1.60 bits per heavy atom. The predicted octanol–water partition coefficient (Wildman–Crippen LogP) is 4.92. The van der Waals surface area contributed by atoms with Crippen LogP contribution in [0.2, 0.25) is 0 Å². The number of carbonyl (C=O) groups is 3. The molecule has 3 unspecified atom stereocenters. The number of nitrogens with zero attached hydrogens (tertiary/aromatic N) is 4. The lowest BCUT2D eigenvalue weighted by Crippen LogP contribution is -2.39. The summed E-state index contributed by atoms with van der Waals surface area (Å²) in [4.78, 5) is 68.6. The van der Waals surface area contributed by atoms with Gasteiger partial charge in [0.2, 0.25) is 17.7 Å². The molecule has 3 aromatic rings. The van der Waals surface area contributed by atoms with Crippen LogP contribution in [0, 0.1) is 16.0 Å². The van der Waals surface area contributed by atoms with Crippen molar-refractivity contribution in [1.29, 1.82) is 0 Å². The third kappa shape index (κ3) is 5.20. The van der Waals surface area contributed by atoms with Gasteiger partial charge in [0.15, 0.2) is 0 Å². The molecule has 224 valence electrons. The predicted molar refractivity (Wildman–Crippen MR) is 165 cm³/mol. The van der Waals surface area contributed by atoms with Crippen LogP contribution in [-0.2, 0) is 26.3 Å². The molecule has 10 nitrogen and oxygen atoms in total. The quantitative estimate of drug-likeness (QED) is 0.225. The number of imide groups is 1. The number of thioether (sulfide) groups is 1. The molecule has 0 bridgehead atoms. The van der Waals surface area contributed by atoms with E-state index in [0.717, 1.165) is 46.6 Å². The molecule has 6 rings (SSSR count). The standard InChI is InChI=1S/C31H32N4O6S2/c1-31(2,3)19-9-7-18(8-10-19)23-24-25(28(38)34(27(24)37)20-11-13-21(14-12-20)35(40)41)42-29-26(23)43-30(39)33(29)17-22(36)32-15-5-4-6-16-32/h7-14,23-25H,4-6,15-17H2,1-3H3. The number of anilines is 1. The van der Waals surface area contributed by atoms with E-state index in [0.29, 0.717) is 23.0 Å². The van der Waals surface area contributed by atoms with Crippen molar-refractivity contribution in [3.05, 3.63) is 84.3 Å². The summed E-state index contributed by atoms with van der Waals surface area (Å²) in [6.45, 7) is 7.55. The molecule has 4 heterocycles. The van der Waals surface area contributed by atoms with Gasteiger partial charge in [-0.25, -0.2) is 4.90 Å². The average molecular weight is 621 g/mol. The van der Waals surface area contributed by atoms with Crippen molar-refractivity contribution >= 4 is 52.2 Å². The Bertz CT molecular complexity index is 1670. The first kappa shape index (κ1) is 29.3. The zero-order chi connectivity index (χ0) is 30.6. The number of thiazole rings is 1. The Labute approximate surface area is 256 Å². The van der Waals surface area contributed by atoms with Crippen molar-refractivity contribution in [2.75, 3.05) is 18.0 Å². The van der Waals surface area contributed by atoms with E-state index >= 15 is 0 Å². The fourth-order valence-electron chi connectivity index (χ4n) is 6.16. The van der Waals surface area contributed by atoms with Gasteiger partial charge in [0.05, 0.1) is 21.6 Å². The highest BCUT2D eigenvalue weighted by atomic mass is 32.2. The molecule has 3 aliphatic heterocycles. The van der Waals surface area contributed by atoms with Gasteiger partial charge in [-0.05, 0) is 47.9 Å². The first-order valence-electron chi connectivity index (χ1n) is 14.4. The number of aromatic nitrogens is 1. The highest BCUT2D eigenvalue weighted by Crippen LogP contribution is 2.54. The summed E-state index contributed by atoms with van der Waals surface area (Å²) in [5.41, 5.74) is 1.95. The largest absolute Gasteiger partial charge is 0.341 e. The van der Waals surface area contributed by atoms with Crippen molar-refractivity contribution in [2.24, 2.45) is 5.92 Å². The van der Waals surface area contributed by atoms with Crippen LogP contribution < -0.4 is 9.77 Å². The van der Waals surface area contributed by atoms with Gasteiger partial charge in [0.25, 0.3) is 5.69 Å². The van der Waals surface area contributed by atoms with Crippen molar-refractivity contribution in [3.63, 3.8) is 0 Å². The zero-order valence-corrected chi connectivity index (χ0v) is 25.8. The van der Waals surface area contributed by atoms with Gasteiger partial charge < -0.3 is 4.90 Å². The number of amides is 3. The lowest BCUT2D eigenvalue weighted by Gasteiger charge is -2.31. The number of nitro groups is 1. The van der Waals surface area contributed by atoms with E-state index in [1.54, 1.807) is 4.90 Å². The van der Waals surface area contributed by atoms with E-state index in [-0.39, 0.29) is 34.1 Å². The first-order valence-corrected chi connectivity index (χ1v) is 16.1. The van der Waals surface area contributed by atoms with Crippen LogP contribution in [0.4, 0.5) is 11.4 Å². The summed E-state index contributed by atoms with van der Waals surface area (Å²) in [5.74, 6) is -2.34. The molecule has 0 aliphatic carbocycles. The summed E-state index contributed by atoms with van der Waals surface area (Å²) in [5, 5.41) is 10.9. The number of hydrogen-bond donors (Lipinski definition) is 0. The summed E-state index contributed by atoms with van der Waals surface area (Å²) in [6, 6.07) is 13.3. The van der Waals surface area contributed by atoms with Gasteiger partial charge in [-0.3, -0.25) is 33.9 Å². The van der Waals surface area contributed by atoms with Gasteiger partial charge in [-0.1, -0.05) is 68.1 Å². The summed E-state index contributed by atoms with van der Waals surface area (Å²) in [6.07, 6.45) is 2.94.